The van der Waals surface area contributed by atoms with Gasteiger partial charge in [-0.25, -0.2) is 0 Å². The SMILES string of the molecule is CCOC(=O)[C@@]1(P(=O)(OCC)OCC)[C@@H](C)C=CC[C@@H]1C. The van der Waals surface area contributed by atoms with E-state index in [9.17, 15) is 9.36 Å². The summed E-state index contributed by atoms with van der Waals surface area (Å²) >= 11 is 0. The monoisotopic (exact) mass is 318 g/mol. The third-order valence-electron chi connectivity index (χ3n) is 4.01. The molecule has 0 aromatic rings. The maximum absolute atomic E-state index is 13.4. The molecule has 0 N–H and O–H groups in total. The highest BCUT2D eigenvalue weighted by molar-refractivity contribution is 7.56. The quantitative estimate of drug-likeness (QED) is 0.406. The Hall–Kier alpha value is -0.640. The molecule has 1 aliphatic carbocycles. The molecule has 0 spiro atoms. The van der Waals surface area contributed by atoms with Gasteiger partial charge in [0.05, 0.1) is 19.8 Å². The lowest BCUT2D eigenvalue weighted by atomic mass is 9.76. The highest BCUT2D eigenvalue weighted by atomic mass is 31.2. The second kappa shape index (κ2) is 7.57. The number of hydrogen-bond donors (Lipinski definition) is 0. The van der Waals surface area contributed by atoms with Crippen LogP contribution in [0, 0.1) is 11.8 Å². The summed E-state index contributed by atoms with van der Waals surface area (Å²) in [5.74, 6) is -0.940. The summed E-state index contributed by atoms with van der Waals surface area (Å²) < 4.78 is 29.7. The zero-order valence-electron chi connectivity index (χ0n) is 13.6. The summed E-state index contributed by atoms with van der Waals surface area (Å²) in [5, 5.41) is -1.27. The minimum Gasteiger partial charge on any atom is -0.465 e. The molecule has 0 aromatic heterocycles. The molecule has 0 saturated carbocycles. The lowest BCUT2D eigenvalue weighted by Crippen LogP contribution is -2.52. The highest BCUT2D eigenvalue weighted by Gasteiger charge is 2.64. The molecule has 0 aromatic carbocycles. The van der Waals surface area contributed by atoms with Crippen LogP contribution in [-0.2, 0) is 23.1 Å². The molecule has 0 fully saturated rings. The van der Waals surface area contributed by atoms with Crippen LogP contribution in [0.2, 0.25) is 0 Å². The van der Waals surface area contributed by atoms with Gasteiger partial charge in [-0.2, -0.15) is 0 Å². The summed E-state index contributed by atoms with van der Waals surface area (Å²) in [4.78, 5) is 12.7. The molecule has 21 heavy (non-hydrogen) atoms. The van der Waals surface area contributed by atoms with E-state index in [1.807, 2.05) is 26.0 Å². The van der Waals surface area contributed by atoms with Gasteiger partial charge in [-0.05, 0) is 33.1 Å². The average Bonchev–Trinajstić information content (AvgIpc) is 2.39. The molecule has 0 unspecified atom stereocenters. The summed E-state index contributed by atoms with van der Waals surface area (Å²) in [6.45, 7) is 9.70. The van der Waals surface area contributed by atoms with Crippen molar-refractivity contribution >= 4 is 13.6 Å². The predicted octanol–water partition coefficient (Wildman–Crippen LogP) is 3.79. The zero-order valence-corrected chi connectivity index (χ0v) is 14.5. The fourth-order valence-corrected chi connectivity index (χ4v) is 5.82. The van der Waals surface area contributed by atoms with Crippen molar-refractivity contribution in [2.24, 2.45) is 11.8 Å². The first-order chi connectivity index (χ1) is 9.90. The van der Waals surface area contributed by atoms with Crippen LogP contribution >= 0.6 is 7.60 Å². The topological polar surface area (TPSA) is 61.8 Å². The summed E-state index contributed by atoms with van der Waals surface area (Å²) in [6.07, 6.45) is 4.56. The van der Waals surface area contributed by atoms with Crippen molar-refractivity contribution in [1.29, 1.82) is 0 Å². The van der Waals surface area contributed by atoms with E-state index in [0.29, 0.717) is 6.42 Å². The second-order valence-corrected chi connectivity index (χ2v) is 7.48. The van der Waals surface area contributed by atoms with Crippen LogP contribution in [0.5, 0.6) is 0 Å². The number of carbonyl (C=O) groups excluding carboxylic acids is 1. The Morgan fingerprint density at radius 2 is 1.76 bits per heavy atom. The normalized spacial score (nSPS) is 29.4. The molecule has 5 nitrogen and oxygen atoms in total. The Labute approximate surface area is 127 Å². The molecule has 1 aliphatic rings. The molecule has 0 radical (unpaired) electrons. The van der Waals surface area contributed by atoms with Crippen LogP contribution in [0.4, 0.5) is 0 Å². The lowest BCUT2D eigenvalue weighted by molar-refractivity contribution is -0.150. The second-order valence-electron chi connectivity index (χ2n) is 5.23. The van der Waals surface area contributed by atoms with Crippen molar-refractivity contribution in [2.75, 3.05) is 19.8 Å². The zero-order chi connectivity index (χ0) is 16.1. The number of hydrogen-bond acceptors (Lipinski definition) is 5. The number of carbonyl (C=O) groups is 1. The van der Waals surface area contributed by atoms with Gasteiger partial charge in [0.15, 0.2) is 5.16 Å². The molecule has 1 rings (SSSR count). The van der Waals surface area contributed by atoms with Gasteiger partial charge in [0, 0.05) is 5.92 Å². The van der Waals surface area contributed by atoms with Crippen molar-refractivity contribution in [3.8, 4) is 0 Å². The number of allylic oxidation sites excluding steroid dienone is 2. The van der Waals surface area contributed by atoms with E-state index >= 15 is 0 Å². The van der Waals surface area contributed by atoms with Gasteiger partial charge in [-0.15, -0.1) is 0 Å². The van der Waals surface area contributed by atoms with Crippen LogP contribution in [0.3, 0.4) is 0 Å². The van der Waals surface area contributed by atoms with E-state index in [1.54, 1.807) is 20.8 Å². The standard InChI is InChI=1S/C15H27O5P/c1-6-18-14(16)15(12(4)10-9-11-13(15)5)21(17,19-7-2)20-8-3/h9-10,12-13H,6-8,11H2,1-5H3/t12-,13-,15+/m0/s1. The third-order valence-corrected chi connectivity index (χ3v) is 7.15. The smallest absolute Gasteiger partial charge is 0.348 e. The Morgan fingerprint density at radius 1 is 1.19 bits per heavy atom. The van der Waals surface area contributed by atoms with Gasteiger partial charge in [0.2, 0.25) is 0 Å². The van der Waals surface area contributed by atoms with Crippen LogP contribution in [0.25, 0.3) is 0 Å². The third kappa shape index (κ3) is 3.10. The first-order valence-electron chi connectivity index (χ1n) is 7.63. The number of rotatable bonds is 7. The lowest BCUT2D eigenvalue weighted by Gasteiger charge is -2.45. The van der Waals surface area contributed by atoms with Crippen molar-refractivity contribution in [2.45, 2.75) is 46.2 Å². The maximum Gasteiger partial charge on any atom is 0.348 e. The number of esters is 1. The molecule has 0 saturated heterocycles. The first-order valence-corrected chi connectivity index (χ1v) is 9.17. The molecule has 6 heteroatoms. The van der Waals surface area contributed by atoms with Gasteiger partial charge in [-0.1, -0.05) is 26.0 Å². The van der Waals surface area contributed by atoms with Crippen LogP contribution in [0.15, 0.2) is 12.2 Å². The molecule has 3 atom stereocenters. The minimum atomic E-state index is -3.65. The van der Waals surface area contributed by atoms with Crippen LogP contribution in [-0.4, -0.2) is 30.9 Å². The molecule has 0 aliphatic heterocycles. The predicted molar refractivity (Wildman–Crippen MR) is 82.3 cm³/mol. The minimum absolute atomic E-state index is 0.180. The van der Waals surface area contributed by atoms with Crippen LogP contribution in [0.1, 0.15) is 41.0 Å². The average molecular weight is 318 g/mol. The fourth-order valence-electron chi connectivity index (χ4n) is 3.12. The van der Waals surface area contributed by atoms with Gasteiger partial charge in [-0.3, -0.25) is 9.36 Å². The fraction of sp³-hybridized carbons (Fsp3) is 0.800. The highest BCUT2D eigenvalue weighted by Crippen LogP contribution is 2.68. The van der Waals surface area contributed by atoms with Crippen molar-refractivity contribution in [3.05, 3.63) is 12.2 Å². The molecule has 122 valence electrons. The summed E-state index contributed by atoms with van der Waals surface area (Å²) in [6, 6.07) is 0. The van der Waals surface area contributed by atoms with Crippen molar-refractivity contribution in [1.82, 2.24) is 0 Å². The van der Waals surface area contributed by atoms with Gasteiger partial charge < -0.3 is 13.8 Å². The van der Waals surface area contributed by atoms with E-state index in [0.717, 1.165) is 0 Å². The van der Waals surface area contributed by atoms with Gasteiger partial charge >= 0.3 is 13.6 Å². The van der Waals surface area contributed by atoms with Crippen LogP contribution < -0.4 is 0 Å². The molecule has 0 heterocycles. The van der Waals surface area contributed by atoms with Gasteiger partial charge in [0.1, 0.15) is 0 Å². The van der Waals surface area contributed by atoms with Gasteiger partial charge in [0.25, 0.3) is 0 Å². The molecular weight excluding hydrogens is 291 g/mol. The molecule has 0 bridgehead atoms. The molecular formula is C15H27O5P. The Morgan fingerprint density at radius 3 is 2.19 bits per heavy atom. The Bertz CT molecular complexity index is 424. The van der Waals surface area contributed by atoms with Crippen molar-refractivity contribution in [3.63, 3.8) is 0 Å². The molecule has 0 amide bonds. The van der Waals surface area contributed by atoms with E-state index in [4.69, 9.17) is 13.8 Å². The van der Waals surface area contributed by atoms with Crippen molar-refractivity contribution < 1.29 is 23.1 Å². The van der Waals surface area contributed by atoms with E-state index in [-0.39, 0.29) is 31.7 Å². The first kappa shape index (κ1) is 18.4. The largest absolute Gasteiger partial charge is 0.465 e. The Balaban J connectivity index is 3.45. The van der Waals surface area contributed by atoms with E-state index in [1.165, 1.54) is 0 Å². The Kier molecular flexibility index (Phi) is 6.64. The number of ether oxygens (including phenoxy) is 1. The van der Waals surface area contributed by atoms with E-state index in [2.05, 4.69) is 0 Å². The maximum atomic E-state index is 13.4. The summed E-state index contributed by atoms with van der Waals surface area (Å²) in [5.41, 5.74) is 0. The van der Waals surface area contributed by atoms with E-state index < -0.39 is 18.7 Å². The summed E-state index contributed by atoms with van der Waals surface area (Å²) in [7, 11) is -3.65.